The van der Waals surface area contributed by atoms with Gasteiger partial charge in [0.15, 0.2) is 5.78 Å². The van der Waals surface area contributed by atoms with E-state index < -0.39 is 0 Å². The third kappa shape index (κ3) is 2.13. The molecule has 0 aromatic carbocycles. The lowest BCUT2D eigenvalue weighted by molar-refractivity contribution is 0.0916. The van der Waals surface area contributed by atoms with E-state index in [4.69, 9.17) is 4.98 Å². The highest BCUT2D eigenvalue weighted by atomic mass is 32.1. The molecular formula is C15H21NOS. The van der Waals surface area contributed by atoms with Gasteiger partial charge in [0.25, 0.3) is 0 Å². The Bertz CT molecular complexity index is 489. The largest absolute Gasteiger partial charge is 0.293 e. The van der Waals surface area contributed by atoms with Gasteiger partial charge in [-0.15, -0.1) is 11.3 Å². The van der Waals surface area contributed by atoms with Crippen LogP contribution < -0.4 is 0 Å². The van der Waals surface area contributed by atoms with E-state index in [1.54, 1.807) is 11.3 Å². The number of carbonyl (C=O) groups excluding carboxylic acids is 1. The summed E-state index contributed by atoms with van der Waals surface area (Å²) in [4.78, 5) is 17.9. The maximum atomic E-state index is 12.2. The van der Waals surface area contributed by atoms with Crippen molar-refractivity contribution in [1.82, 2.24) is 4.98 Å². The lowest BCUT2D eigenvalue weighted by Gasteiger charge is -2.26. The SMILES string of the molecule is CC1CCC(c2nc3c(s2)C(=O)CC(C)(C)C3)C1. The summed E-state index contributed by atoms with van der Waals surface area (Å²) in [6, 6.07) is 0. The molecule has 1 heterocycles. The fraction of sp³-hybridized carbons (Fsp3) is 0.733. The van der Waals surface area contributed by atoms with E-state index in [9.17, 15) is 4.79 Å². The van der Waals surface area contributed by atoms with Gasteiger partial charge < -0.3 is 0 Å². The molecule has 0 aliphatic heterocycles. The van der Waals surface area contributed by atoms with E-state index in [0.717, 1.165) is 22.9 Å². The second-order valence-electron chi connectivity index (χ2n) is 6.88. The van der Waals surface area contributed by atoms with Gasteiger partial charge in [0, 0.05) is 12.3 Å². The summed E-state index contributed by atoms with van der Waals surface area (Å²) < 4.78 is 0. The van der Waals surface area contributed by atoms with Gasteiger partial charge in [-0.1, -0.05) is 27.2 Å². The molecule has 2 aliphatic rings. The van der Waals surface area contributed by atoms with Crippen LogP contribution in [0.5, 0.6) is 0 Å². The van der Waals surface area contributed by atoms with Crippen LogP contribution in [0.15, 0.2) is 0 Å². The molecule has 98 valence electrons. The Morgan fingerprint density at radius 2 is 2.06 bits per heavy atom. The number of nitrogens with zero attached hydrogens (tertiary/aromatic N) is 1. The molecular weight excluding hydrogens is 242 g/mol. The lowest BCUT2D eigenvalue weighted by Crippen LogP contribution is -2.26. The van der Waals surface area contributed by atoms with Crippen molar-refractivity contribution in [3.05, 3.63) is 15.6 Å². The normalized spacial score (nSPS) is 30.5. The number of ketones is 1. The van der Waals surface area contributed by atoms with Gasteiger partial charge in [-0.25, -0.2) is 4.98 Å². The molecule has 2 nitrogen and oxygen atoms in total. The summed E-state index contributed by atoms with van der Waals surface area (Å²) in [6.45, 7) is 6.66. The zero-order chi connectivity index (χ0) is 12.9. The monoisotopic (exact) mass is 263 g/mol. The molecule has 2 aliphatic carbocycles. The molecule has 0 saturated heterocycles. The van der Waals surface area contributed by atoms with Crippen molar-refractivity contribution >= 4 is 17.1 Å². The van der Waals surface area contributed by atoms with Crippen LogP contribution in [0.25, 0.3) is 0 Å². The van der Waals surface area contributed by atoms with Gasteiger partial charge in [-0.05, 0) is 30.6 Å². The van der Waals surface area contributed by atoms with E-state index in [1.165, 1.54) is 24.3 Å². The number of rotatable bonds is 1. The van der Waals surface area contributed by atoms with Crippen LogP contribution in [0.2, 0.25) is 0 Å². The van der Waals surface area contributed by atoms with E-state index >= 15 is 0 Å². The van der Waals surface area contributed by atoms with Crippen molar-refractivity contribution in [1.29, 1.82) is 0 Å². The average Bonchev–Trinajstić information content (AvgIpc) is 2.82. The third-order valence-corrected chi connectivity index (χ3v) is 5.60. The predicted octanol–water partition coefficient (Wildman–Crippen LogP) is 4.20. The molecule has 1 fully saturated rings. The molecule has 3 heteroatoms. The second-order valence-corrected chi connectivity index (χ2v) is 7.91. The van der Waals surface area contributed by atoms with Crippen LogP contribution in [0.3, 0.4) is 0 Å². The van der Waals surface area contributed by atoms with E-state index in [-0.39, 0.29) is 5.41 Å². The lowest BCUT2D eigenvalue weighted by atomic mass is 9.78. The number of carbonyl (C=O) groups is 1. The molecule has 0 spiro atoms. The first-order valence-electron chi connectivity index (χ1n) is 6.97. The van der Waals surface area contributed by atoms with Crippen molar-refractivity contribution in [2.75, 3.05) is 0 Å². The highest BCUT2D eigenvalue weighted by Crippen LogP contribution is 2.43. The standard InChI is InChI=1S/C15H21NOS/c1-9-4-5-10(6-9)14-16-11-7-15(2,3)8-12(17)13(11)18-14/h9-10H,4-8H2,1-3H3. The predicted molar refractivity (Wildman–Crippen MR) is 74.3 cm³/mol. The highest BCUT2D eigenvalue weighted by Gasteiger charge is 2.35. The summed E-state index contributed by atoms with van der Waals surface area (Å²) >= 11 is 1.68. The first-order valence-corrected chi connectivity index (χ1v) is 7.79. The second kappa shape index (κ2) is 4.16. The summed E-state index contributed by atoms with van der Waals surface area (Å²) in [6.07, 6.45) is 5.47. The summed E-state index contributed by atoms with van der Waals surface area (Å²) in [5.41, 5.74) is 1.18. The first-order chi connectivity index (χ1) is 8.44. The minimum absolute atomic E-state index is 0.0956. The van der Waals surface area contributed by atoms with Crippen LogP contribution in [0, 0.1) is 11.3 Å². The Morgan fingerprint density at radius 1 is 1.28 bits per heavy atom. The first kappa shape index (κ1) is 12.3. The van der Waals surface area contributed by atoms with Gasteiger partial charge in [0.2, 0.25) is 0 Å². The van der Waals surface area contributed by atoms with Crippen LogP contribution in [-0.2, 0) is 6.42 Å². The Kier molecular flexibility index (Phi) is 2.85. The topological polar surface area (TPSA) is 30.0 Å². The summed E-state index contributed by atoms with van der Waals surface area (Å²) in [5, 5.41) is 1.23. The number of hydrogen-bond acceptors (Lipinski definition) is 3. The minimum Gasteiger partial charge on any atom is -0.293 e. The molecule has 1 saturated carbocycles. The quantitative estimate of drug-likeness (QED) is 0.760. The number of aromatic nitrogens is 1. The maximum Gasteiger partial charge on any atom is 0.175 e. The van der Waals surface area contributed by atoms with Crippen LogP contribution in [0.4, 0.5) is 0 Å². The zero-order valence-electron chi connectivity index (χ0n) is 11.5. The molecule has 1 aromatic rings. The van der Waals surface area contributed by atoms with Crippen molar-refractivity contribution < 1.29 is 4.79 Å². The molecule has 18 heavy (non-hydrogen) atoms. The smallest absolute Gasteiger partial charge is 0.175 e. The van der Waals surface area contributed by atoms with Gasteiger partial charge >= 0.3 is 0 Å². The van der Waals surface area contributed by atoms with Gasteiger partial charge in [-0.2, -0.15) is 0 Å². The highest BCUT2D eigenvalue weighted by molar-refractivity contribution is 7.14. The summed E-state index contributed by atoms with van der Waals surface area (Å²) in [7, 11) is 0. The Morgan fingerprint density at radius 3 is 2.72 bits per heavy atom. The van der Waals surface area contributed by atoms with Crippen LogP contribution in [0.1, 0.15) is 72.7 Å². The molecule has 3 rings (SSSR count). The van der Waals surface area contributed by atoms with Crippen LogP contribution >= 0.6 is 11.3 Å². The molecule has 0 amide bonds. The van der Waals surface area contributed by atoms with Gasteiger partial charge in [0.05, 0.1) is 15.6 Å². The number of Topliss-reactive ketones (excluding diaryl/α,β-unsaturated/α-hetero) is 1. The van der Waals surface area contributed by atoms with Crippen molar-refractivity contribution in [3.8, 4) is 0 Å². The molecule has 0 N–H and O–H groups in total. The summed E-state index contributed by atoms with van der Waals surface area (Å²) in [5.74, 6) is 1.76. The Balaban J connectivity index is 1.91. The zero-order valence-corrected chi connectivity index (χ0v) is 12.3. The fourth-order valence-corrected chi connectivity index (χ4v) is 4.51. The van der Waals surface area contributed by atoms with E-state index in [0.29, 0.717) is 18.1 Å². The molecule has 2 atom stereocenters. The number of fused-ring (bicyclic) bond motifs is 1. The maximum absolute atomic E-state index is 12.2. The van der Waals surface area contributed by atoms with Gasteiger partial charge in [-0.3, -0.25) is 4.79 Å². The Hall–Kier alpha value is -0.700. The van der Waals surface area contributed by atoms with Crippen molar-refractivity contribution in [3.63, 3.8) is 0 Å². The van der Waals surface area contributed by atoms with Crippen LogP contribution in [-0.4, -0.2) is 10.8 Å². The van der Waals surface area contributed by atoms with E-state index in [2.05, 4.69) is 20.8 Å². The molecule has 2 unspecified atom stereocenters. The molecule has 1 aromatic heterocycles. The Labute approximate surface area is 113 Å². The van der Waals surface area contributed by atoms with E-state index in [1.807, 2.05) is 0 Å². The van der Waals surface area contributed by atoms with Gasteiger partial charge in [0.1, 0.15) is 0 Å². The molecule has 0 radical (unpaired) electrons. The minimum atomic E-state index is 0.0956. The third-order valence-electron chi connectivity index (χ3n) is 4.30. The number of hydrogen-bond donors (Lipinski definition) is 0. The van der Waals surface area contributed by atoms with Crippen molar-refractivity contribution in [2.24, 2.45) is 11.3 Å². The average molecular weight is 263 g/mol. The number of thiazole rings is 1. The molecule has 0 bridgehead atoms. The fourth-order valence-electron chi connectivity index (χ4n) is 3.34. The van der Waals surface area contributed by atoms with Crippen molar-refractivity contribution in [2.45, 2.75) is 58.8 Å².